The van der Waals surface area contributed by atoms with Crippen molar-refractivity contribution < 1.29 is 9.59 Å². The molecule has 22 heavy (non-hydrogen) atoms. The van der Waals surface area contributed by atoms with Crippen molar-refractivity contribution in [1.82, 2.24) is 10.2 Å². The number of nitrogens with zero attached hydrogens (tertiary/aromatic N) is 1. The molecular weight excluding hydrogens is 298 g/mol. The Bertz CT molecular complexity index is 684. The number of thiophene rings is 1. The molecule has 0 bridgehead atoms. The van der Waals surface area contributed by atoms with E-state index in [-0.39, 0.29) is 5.91 Å². The fraction of sp³-hybridized carbons (Fsp3) is 0.250. The first kappa shape index (κ1) is 14.7. The van der Waals surface area contributed by atoms with Gasteiger partial charge in [-0.2, -0.15) is 0 Å². The van der Waals surface area contributed by atoms with E-state index in [2.05, 4.69) is 21.7 Å². The minimum Gasteiger partial charge on any atom is -0.351 e. The molecule has 3 amide bonds. The number of urea groups is 1. The minimum absolute atomic E-state index is 0.377. The smallest absolute Gasteiger partial charge is 0.318 e. The number of rotatable bonds is 3. The van der Waals surface area contributed by atoms with Crippen LogP contribution in [0, 0.1) is 0 Å². The molecule has 114 valence electrons. The van der Waals surface area contributed by atoms with Crippen molar-refractivity contribution in [2.45, 2.75) is 19.0 Å². The van der Waals surface area contributed by atoms with Crippen LogP contribution in [0.25, 0.3) is 0 Å². The van der Waals surface area contributed by atoms with Gasteiger partial charge >= 0.3 is 6.03 Å². The molecule has 2 aromatic rings. The van der Waals surface area contributed by atoms with Crippen molar-refractivity contribution in [2.75, 3.05) is 6.54 Å². The monoisotopic (exact) mass is 315 g/mol. The molecule has 1 aromatic carbocycles. The Morgan fingerprint density at radius 2 is 2.00 bits per heavy atom. The van der Waals surface area contributed by atoms with Crippen molar-refractivity contribution in [1.29, 1.82) is 0 Å². The zero-order chi connectivity index (χ0) is 15.5. The number of fused-ring (bicyclic) bond motifs is 1. The fourth-order valence-corrected chi connectivity index (χ4v) is 3.73. The van der Waals surface area contributed by atoms with E-state index in [4.69, 9.17) is 5.73 Å². The number of primary amides is 1. The van der Waals surface area contributed by atoms with Crippen molar-refractivity contribution in [2.24, 2.45) is 5.73 Å². The first-order valence-electron chi connectivity index (χ1n) is 7.09. The highest BCUT2D eigenvalue weighted by Crippen LogP contribution is 2.30. The van der Waals surface area contributed by atoms with Crippen LogP contribution in [0.1, 0.15) is 22.0 Å². The maximum atomic E-state index is 12.5. The maximum absolute atomic E-state index is 12.5. The van der Waals surface area contributed by atoms with Gasteiger partial charge in [0, 0.05) is 18.0 Å². The molecule has 0 spiro atoms. The van der Waals surface area contributed by atoms with E-state index in [9.17, 15) is 9.59 Å². The average molecular weight is 315 g/mol. The lowest BCUT2D eigenvalue weighted by Crippen LogP contribution is -2.45. The van der Waals surface area contributed by atoms with Gasteiger partial charge in [0.15, 0.2) is 0 Å². The van der Waals surface area contributed by atoms with Crippen LogP contribution >= 0.6 is 11.3 Å². The van der Waals surface area contributed by atoms with Crippen LogP contribution in [0.15, 0.2) is 41.8 Å². The molecule has 0 aliphatic carbocycles. The molecule has 6 heteroatoms. The number of benzene rings is 1. The van der Waals surface area contributed by atoms with Crippen LogP contribution in [0.5, 0.6) is 0 Å². The number of imide groups is 1. The van der Waals surface area contributed by atoms with Crippen LogP contribution in [0.2, 0.25) is 0 Å². The molecule has 1 atom stereocenters. The van der Waals surface area contributed by atoms with E-state index in [1.807, 2.05) is 30.3 Å². The predicted octanol–water partition coefficient (Wildman–Crippen LogP) is 2.04. The zero-order valence-electron chi connectivity index (χ0n) is 12.0. The molecule has 0 unspecified atom stereocenters. The summed E-state index contributed by atoms with van der Waals surface area (Å²) in [5, 5.41) is 4.30. The third kappa shape index (κ3) is 3.03. The molecule has 0 saturated heterocycles. The van der Waals surface area contributed by atoms with Gasteiger partial charge in [0.1, 0.15) is 6.04 Å². The number of hydrogen-bond donors (Lipinski definition) is 2. The molecule has 0 fully saturated rings. The summed E-state index contributed by atoms with van der Waals surface area (Å²) in [7, 11) is 0. The molecule has 2 heterocycles. The predicted molar refractivity (Wildman–Crippen MR) is 85.3 cm³/mol. The molecule has 5 nitrogen and oxygen atoms in total. The Balaban J connectivity index is 1.89. The van der Waals surface area contributed by atoms with Crippen LogP contribution in [-0.2, 0) is 17.8 Å². The van der Waals surface area contributed by atoms with Crippen LogP contribution in [0.3, 0.4) is 0 Å². The minimum atomic E-state index is -0.820. The van der Waals surface area contributed by atoms with E-state index in [1.54, 1.807) is 11.3 Å². The number of carbonyl (C=O) groups is 2. The summed E-state index contributed by atoms with van der Waals surface area (Å²) < 4.78 is 0. The Hall–Kier alpha value is -2.18. The van der Waals surface area contributed by atoms with Gasteiger partial charge in [-0.15, -0.1) is 11.3 Å². The van der Waals surface area contributed by atoms with Crippen molar-refractivity contribution in [3.8, 4) is 0 Å². The number of nitrogens with one attached hydrogen (secondary N) is 1. The summed E-state index contributed by atoms with van der Waals surface area (Å²) >= 11 is 1.75. The van der Waals surface area contributed by atoms with Gasteiger partial charge in [0.25, 0.3) is 0 Å². The van der Waals surface area contributed by atoms with E-state index in [0.717, 1.165) is 18.5 Å². The lowest BCUT2D eigenvalue weighted by Gasteiger charge is -2.33. The fourth-order valence-electron chi connectivity index (χ4n) is 2.84. The second-order valence-corrected chi connectivity index (χ2v) is 6.26. The van der Waals surface area contributed by atoms with Gasteiger partial charge in [-0.3, -0.25) is 15.0 Å². The van der Waals surface area contributed by atoms with Gasteiger partial charge in [-0.25, -0.2) is 4.79 Å². The molecule has 1 aliphatic heterocycles. The Morgan fingerprint density at radius 1 is 1.23 bits per heavy atom. The van der Waals surface area contributed by atoms with Crippen LogP contribution in [0.4, 0.5) is 4.79 Å². The third-order valence-electron chi connectivity index (χ3n) is 3.81. The van der Waals surface area contributed by atoms with Gasteiger partial charge in [-0.05, 0) is 29.0 Å². The molecule has 0 saturated carbocycles. The second kappa shape index (κ2) is 6.29. The number of hydrogen-bond acceptors (Lipinski definition) is 4. The third-order valence-corrected chi connectivity index (χ3v) is 4.84. The molecule has 3 N–H and O–H groups in total. The quantitative estimate of drug-likeness (QED) is 0.910. The first-order valence-corrected chi connectivity index (χ1v) is 7.97. The number of amides is 3. The highest BCUT2D eigenvalue weighted by atomic mass is 32.1. The molecule has 0 radical (unpaired) electrons. The van der Waals surface area contributed by atoms with Crippen molar-refractivity contribution in [3.63, 3.8) is 0 Å². The van der Waals surface area contributed by atoms with Crippen LogP contribution in [-0.4, -0.2) is 23.4 Å². The van der Waals surface area contributed by atoms with Gasteiger partial charge in [-0.1, -0.05) is 30.3 Å². The number of nitrogens with two attached hydrogens (primary N) is 1. The summed E-state index contributed by atoms with van der Waals surface area (Å²) in [6.07, 6.45) is 0.917. The lowest BCUT2D eigenvalue weighted by molar-refractivity contribution is -0.125. The van der Waals surface area contributed by atoms with Gasteiger partial charge < -0.3 is 5.73 Å². The Labute approximate surface area is 132 Å². The average Bonchev–Trinajstić information content (AvgIpc) is 2.95. The molecule has 1 aliphatic rings. The Morgan fingerprint density at radius 3 is 2.73 bits per heavy atom. The standard InChI is InChI=1S/C16H17N3O2S/c17-16(21)18-15(20)14(11-4-2-1-3-5-11)19-8-6-13-12(10-19)7-9-22-13/h1-5,7,9,14H,6,8,10H2,(H3,17,18,20,21)/t14-/m1/s1. The van der Waals surface area contributed by atoms with E-state index in [1.165, 1.54) is 10.4 Å². The molecular formula is C16H17N3O2S. The summed E-state index contributed by atoms with van der Waals surface area (Å²) in [5.41, 5.74) is 7.23. The molecule has 3 rings (SSSR count). The largest absolute Gasteiger partial charge is 0.351 e. The summed E-state index contributed by atoms with van der Waals surface area (Å²) in [4.78, 5) is 27.0. The SMILES string of the molecule is NC(=O)NC(=O)[C@@H](c1ccccc1)N1CCc2sccc2C1. The zero-order valence-corrected chi connectivity index (χ0v) is 12.8. The Kier molecular flexibility index (Phi) is 4.22. The van der Waals surface area contributed by atoms with Crippen molar-refractivity contribution in [3.05, 3.63) is 57.8 Å². The summed E-state index contributed by atoms with van der Waals surface area (Å²) in [6.45, 7) is 1.48. The lowest BCUT2D eigenvalue weighted by atomic mass is 10.0. The second-order valence-electron chi connectivity index (χ2n) is 5.26. The summed E-state index contributed by atoms with van der Waals surface area (Å²) in [6, 6.07) is 10.2. The number of carbonyl (C=O) groups excluding carboxylic acids is 2. The van der Waals surface area contributed by atoms with E-state index >= 15 is 0 Å². The van der Waals surface area contributed by atoms with Gasteiger partial charge in [0.05, 0.1) is 0 Å². The highest BCUT2D eigenvalue weighted by Gasteiger charge is 2.31. The highest BCUT2D eigenvalue weighted by molar-refractivity contribution is 7.10. The maximum Gasteiger partial charge on any atom is 0.318 e. The van der Waals surface area contributed by atoms with Crippen LogP contribution < -0.4 is 11.1 Å². The van der Waals surface area contributed by atoms with Gasteiger partial charge in [0.2, 0.25) is 5.91 Å². The molecule has 1 aromatic heterocycles. The first-order chi connectivity index (χ1) is 10.6. The van der Waals surface area contributed by atoms with E-state index < -0.39 is 12.1 Å². The topological polar surface area (TPSA) is 75.4 Å². The van der Waals surface area contributed by atoms with Crippen molar-refractivity contribution >= 4 is 23.3 Å². The normalized spacial score (nSPS) is 15.8. The van der Waals surface area contributed by atoms with E-state index in [0.29, 0.717) is 6.54 Å². The summed E-state index contributed by atoms with van der Waals surface area (Å²) in [5.74, 6) is -0.377.